The molecule has 1 N–H and O–H groups in total. The van der Waals surface area contributed by atoms with Gasteiger partial charge in [-0.15, -0.1) is 0 Å². The third-order valence-corrected chi connectivity index (χ3v) is 4.19. The summed E-state index contributed by atoms with van der Waals surface area (Å²) in [6.07, 6.45) is 1.32. The summed E-state index contributed by atoms with van der Waals surface area (Å²) in [7, 11) is 1.24. The van der Waals surface area contributed by atoms with E-state index < -0.39 is 23.8 Å². The van der Waals surface area contributed by atoms with E-state index in [9.17, 15) is 19.2 Å². The minimum atomic E-state index is -0.823. The van der Waals surface area contributed by atoms with Crippen LogP contribution in [-0.4, -0.2) is 37.5 Å². The second kappa shape index (κ2) is 8.39. The average molecular weight is 394 g/mol. The van der Waals surface area contributed by atoms with Crippen LogP contribution in [0.2, 0.25) is 0 Å². The first-order valence-corrected chi connectivity index (χ1v) is 8.67. The van der Waals surface area contributed by atoms with Gasteiger partial charge in [0.1, 0.15) is 11.3 Å². The quantitative estimate of drug-likeness (QED) is 0.474. The summed E-state index contributed by atoms with van der Waals surface area (Å²) < 4.78 is 9.94. The van der Waals surface area contributed by atoms with Crippen LogP contribution in [0, 0.1) is 6.92 Å². The summed E-state index contributed by atoms with van der Waals surface area (Å²) >= 11 is 0. The third-order valence-electron chi connectivity index (χ3n) is 4.19. The molecule has 1 fully saturated rings. The van der Waals surface area contributed by atoms with Crippen molar-refractivity contribution in [3.8, 4) is 5.75 Å². The van der Waals surface area contributed by atoms with Crippen molar-refractivity contribution in [3.05, 3.63) is 65.2 Å². The van der Waals surface area contributed by atoms with Crippen LogP contribution in [0.4, 0.5) is 10.5 Å². The molecule has 8 nitrogen and oxygen atoms in total. The number of urea groups is 1. The van der Waals surface area contributed by atoms with E-state index in [-0.39, 0.29) is 17.9 Å². The zero-order valence-corrected chi connectivity index (χ0v) is 15.8. The van der Waals surface area contributed by atoms with Crippen molar-refractivity contribution >= 4 is 35.6 Å². The number of nitrogens with one attached hydrogen (secondary N) is 1. The maximum Gasteiger partial charge on any atom is 0.343 e. The molecule has 2 aromatic rings. The molecule has 8 heteroatoms. The Balaban J connectivity index is 1.95. The highest BCUT2D eigenvalue weighted by Crippen LogP contribution is 2.25. The molecule has 1 saturated heterocycles. The molecule has 1 heterocycles. The van der Waals surface area contributed by atoms with Crippen molar-refractivity contribution in [2.75, 3.05) is 18.6 Å². The molecule has 3 rings (SSSR count). The number of barbiturate groups is 1. The number of aryl methyl sites for hydroxylation is 1. The number of rotatable bonds is 5. The molecular weight excluding hydrogens is 376 g/mol. The van der Waals surface area contributed by atoms with Crippen molar-refractivity contribution in [2.24, 2.45) is 0 Å². The number of ether oxygens (including phenoxy) is 2. The molecule has 29 heavy (non-hydrogen) atoms. The van der Waals surface area contributed by atoms with E-state index >= 15 is 0 Å². The molecule has 148 valence electrons. The lowest BCUT2D eigenvalue weighted by Gasteiger charge is -2.26. The molecule has 0 spiro atoms. The number of anilines is 1. The topological polar surface area (TPSA) is 102 Å². The van der Waals surface area contributed by atoms with Crippen molar-refractivity contribution in [1.29, 1.82) is 0 Å². The Labute approximate surface area is 166 Å². The smallest absolute Gasteiger partial charge is 0.343 e. The van der Waals surface area contributed by atoms with Crippen molar-refractivity contribution in [2.45, 2.75) is 6.92 Å². The lowest BCUT2D eigenvalue weighted by Crippen LogP contribution is -2.54. The SMILES string of the molecule is COC(=O)COc1ccccc1/C=C1/C(=O)NC(=O)N(c2ccc(C)cc2)C1=O. The molecule has 1 aliphatic rings. The van der Waals surface area contributed by atoms with Crippen molar-refractivity contribution < 1.29 is 28.7 Å². The molecule has 1 aliphatic heterocycles. The number of imide groups is 2. The minimum Gasteiger partial charge on any atom is -0.481 e. The van der Waals surface area contributed by atoms with Gasteiger partial charge in [0.2, 0.25) is 0 Å². The fourth-order valence-electron chi connectivity index (χ4n) is 2.67. The fourth-order valence-corrected chi connectivity index (χ4v) is 2.67. The predicted octanol–water partition coefficient (Wildman–Crippen LogP) is 2.21. The first-order chi connectivity index (χ1) is 13.9. The van der Waals surface area contributed by atoms with Gasteiger partial charge in [-0.2, -0.15) is 0 Å². The summed E-state index contributed by atoms with van der Waals surface area (Å²) in [6, 6.07) is 12.5. The normalized spacial score (nSPS) is 15.3. The van der Waals surface area contributed by atoms with Gasteiger partial charge in [0.25, 0.3) is 11.8 Å². The maximum atomic E-state index is 12.9. The van der Waals surface area contributed by atoms with Crippen LogP contribution >= 0.6 is 0 Å². The molecule has 0 unspecified atom stereocenters. The Hall–Kier alpha value is -3.94. The number of benzene rings is 2. The Bertz CT molecular complexity index is 1010. The van der Waals surface area contributed by atoms with Gasteiger partial charge in [-0.3, -0.25) is 14.9 Å². The second-order valence-corrected chi connectivity index (χ2v) is 6.20. The van der Waals surface area contributed by atoms with E-state index in [0.717, 1.165) is 10.5 Å². The molecule has 0 aromatic heterocycles. The molecule has 0 bridgehead atoms. The maximum absolute atomic E-state index is 12.9. The number of carbonyl (C=O) groups is 4. The number of hydrogen-bond acceptors (Lipinski definition) is 6. The molecule has 0 atom stereocenters. The zero-order valence-electron chi connectivity index (χ0n) is 15.8. The molecule has 0 aliphatic carbocycles. The van der Waals surface area contributed by atoms with E-state index in [4.69, 9.17) is 4.74 Å². The van der Waals surface area contributed by atoms with Gasteiger partial charge in [-0.1, -0.05) is 35.9 Å². The van der Waals surface area contributed by atoms with Crippen LogP contribution < -0.4 is 15.0 Å². The summed E-state index contributed by atoms with van der Waals surface area (Å²) in [5, 5.41) is 2.17. The van der Waals surface area contributed by atoms with Crippen LogP contribution in [0.15, 0.2) is 54.1 Å². The van der Waals surface area contributed by atoms with E-state index in [1.807, 2.05) is 6.92 Å². The van der Waals surface area contributed by atoms with Crippen molar-refractivity contribution in [3.63, 3.8) is 0 Å². The number of hydrogen-bond donors (Lipinski definition) is 1. The van der Waals surface area contributed by atoms with Crippen LogP contribution in [0.5, 0.6) is 5.75 Å². The van der Waals surface area contributed by atoms with Crippen LogP contribution in [-0.2, 0) is 19.1 Å². The molecule has 2 aromatic carbocycles. The average Bonchev–Trinajstić information content (AvgIpc) is 2.71. The van der Waals surface area contributed by atoms with Gasteiger partial charge < -0.3 is 9.47 Å². The molecule has 4 amide bonds. The summed E-state index contributed by atoms with van der Waals surface area (Å²) in [5.74, 6) is -1.86. The number of methoxy groups -OCH3 is 1. The van der Waals surface area contributed by atoms with Gasteiger partial charge >= 0.3 is 12.0 Å². The first kappa shape index (κ1) is 19.8. The number of carbonyl (C=O) groups excluding carboxylic acids is 4. The Morgan fingerprint density at radius 2 is 1.76 bits per heavy atom. The van der Waals surface area contributed by atoms with Crippen LogP contribution in [0.1, 0.15) is 11.1 Å². The minimum absolute atomic E-state index is 0.237. The summed E-state index contributed by atoms with van der Waals surface area (Å²) in [6.45, 7) is 1.55. The highest BCUT2D eigenvalue weighted by atomic mass is 16.6. The highest BCUT2D eigenvalue weighted by Gasteiger charge is 2.36. The molecule has 0 saturated carbocycles. The predicted molar refractivity (Wildman–Crippen MR) is 104 cm³/mol. The Kier molecular flexibility index (Phi) is 5.73. The van der Waals surface area contributed by atoms with Crippen LogP contribution in [0.3, 0.4) is 0 Å². The standard InChI is InChI=1S/C21H18N2O6/c1-13-7-9-15(10-8-13)23-20(26)16(19(25)22-21(23)27)11-14-5-3-4-6-17(14)29-12-18(24)28-2/h3-11H,12H2,1-2H3,(H,22,25,27)/b16-11-. The van der Waals surface area contributed by atoms with Gasteiger partial charge in [0, 0.05) is 5.56 Å². The van der Waals surface area contributed by atoms with Crippen LogP contribution in [0.25, 0.3) is 6.08 Å². The van der Waals surface area contributed by atoms with Gasteiger partial charge in [0.15, 0.2) is 6.61 Å². The lowest BCUT2D eigenvalue weighted by atomic mass is 10.1. The number of esters is 1. The van der Waals surface area contributed by atoms with Crippen molar-refractivity contribution in [1.82, 2.24) is 5.32 Å². The van der Waals surface area contributed by atoms with Gasteiger partial charge in [-0.05, 0) is 31.2 Å². The summed E-state index contributed by atoms with van der Waals surface area (Å²) in [5.41, 5.74) is 1.46. The van der Waals surface area contributed by atoms with E-state index in [1.54, 1.807) is 48.5 Å². The Morgan fingerprint density at radius 3 is 2.45 bits per heavy atom. The van der Waals surface area contributed by atoms with Gasteiger partial charge in [0.05, 0.1) is 12.8 Å². The lowest BCUT2D eigenvalue weighted by molar-refractivity contribution is -0.143. The zero-order chi connectivity index (χ0) is 21.0. The monoisotopic (exact) mass is 394 g/mol. The fraction of sp³-hybridized carbons (Fsp3) is 0.143. The number of amides is 4. The first-order valence-electron chi connectivity index (χ1n) is 8.67. The summed E-state index contributed by atoms with van der Waals surface area (Å²) in [4.78, 5) is 49.7. The third kappa shape index (κ3) is 4.32. The second-order valence-electron chi connectivity index (χ2n) is 6.20. The molecule has 0 radical (unpaired) electrons. The number of nitrogens with zero attached hydrogens (tertiary/aromatic N) is 1. The Morgan fingerprint density at radius 1 is 1.07 bits per heavy atom. The molecular formula is C21H18N2O6. The van der Waals surface area contributed by atoms with E-state index in [1.165, 1.54) is 13.2 Å². The van der Waals surface area contributed by atoms with Gasteiger partial charge in [-0.25, -0.2) is 14.5 Å². The van der Waals surface area contributed by atoms with E-state index in [2.05, 4.69) is 10.1 Å². The number of para-hydroxylation sites is 1. The van der Waals surface area contributed by atoms with E-state index in [0.29, 0.717) is 11.3 Å². The largest absolute Gasteiger partial charge is 0.481 e. The highest BCUT2D eigenvalue weighted by molar-refractivity contribution is 6.39.